The summed E-state index contributed by atoms with van der Waals surface area (Å²) < 4.78 is 11.2. The van der Waals surface area contributed by atoms with E-state index in [4.69, 9.17) is 26.8 Å². The summed E-state index contributed by atoms with van der Waals surface area (Å²) in [4.78, 5) is 2.36. The van der Waals surface area contributed by atoms with Crippen molar-refractivity contribution in [2.24, 2.45) is 5.73 Å². The van der Waals surface area contributed by atoms with Gasteiger partial charge in [0.1, 0.15) is 5.75 Å². The normalized spacial score (nSPS) is 24.8. The van der Waals surface area contributed by atoms with Crippen molar-refractivity contribution in [2.45, 2.75) is 31.4 Å². The Labute approximate surface area is 132 Å². The van der Waals surface area contributed by atoms with Gasteiger partial charge in [-0.2, -0.15) is 0 Å². The van der Waals surface area contributed by atoms with E-state index in [9.17, 15) is 0 Å². The van der Waals surface area contributed by atoms with Crippen molar-refractivity contribution in [2.75, 3.05) is 33.9 Å². The summed E-state index contributed by atoms with van der Waals surface area (Å²) in [6.07, 6.45) is 2.16. The third-order valence-electron chi connectivity index (χ3n) is 4.41. The first-order chi connectivity index (χ1) is 10.0. The van der Waals surface area contributed by atoms with Crippen LogP contribution in [0.2, 0.25) is 5.02 Å². The quantitative estimate of drug-likeness (QED) is 0.908. The smallest absolute Gasteiger partial charge is 0.125 e. The van der Waals surface area contributed by atoms with E-state index in [-0.39, 0.29) is 11.6 Å². The van der Waals surface area contributed by atoms with Gasteiger partial charge < -0.3 is 15.2 Å². The lowest BCUT2D eigenvalue weighted by Crippen LogP contribution is -2.50. The number of rotatable bonds is 5. The number of ether oxygens (including phenoxy) is 2. The lowest BCUT2D eigenvalue weighted by molar-refractivity contribution is -0.0609. The number of likely N-dealkylation sites (tertiary alicyclic amines) is 1. The van der Waals surface area contributed by atoms with Crippen LogP contribution in [0.3, 0.4) is 0 Å². The number of benzene rings is 1. The minimum Gasteiger partial charge on any atom is -0.496 e. The minimum atomic E-state index is -0.125. The Morgan fingerprint density at radius 2 is 2.19 bits per heavy atom. The van der Waals surface area contributed by atoms with E-state index < -0.39 is 0 Å². The zero-order valence-electron chi connectivity index (χ0n) is 13.1. The van der Waals surface area contributed by atoms with Gasteiger partial charge in [0, 0.05) is 30.8 Å². The van der Waals surface area contributed by atoms with Crippen LogP contribution in [0.15, 0.2) is 18.2 Å². The highest BCUT2D eigenvalue weighted by atomic mass is 35.5. The summed E-state index contributed by atoms with van der Waals surface area (Å²) in [5.41, 5.74) is 6.91. The maximum absolute atomic E-state index is 6.41. The second-order valence-corrected chi connectivity index (χ2v) is 6.24. The van der Waals surface area contributed by atoms with Gasteiger partial charge in [0.15, 0.2) is 0 Å². The Hall–Kier alpha value is -0.810. The third-order valence-corrected chi connectivity index (χ3v) is 4.74. The molecular weight excluding hydrogens is 288 g/mol. The van der Waals surface area contributed by atoms with Gasteiger partial charge in [-0.1, -0.05) is 17.7 Å². The van der Waals surface area contributed by atoms with Gasteiger partial charge in [-0.3, -0.25) is 4.90 Å². The molecule has 1 aromatic carbocycles. The average molecular weight is 313 g/mol. The van der Waals surface area contributed by atoms with Crippen LogP contribution in [0.4, 0.5) is 0 Å². The molecule has 1 aliphatic rings. The largest absolute Gasteiger partial charge is 0.496 e. The fourth-order valence-electron chi connectivity index (χ4n) is 3.14. The van der Waals surface area contributed by atoms with Gasteiger partial charge in [0.25, 0.3) is 0 Å². The highest BCUT2D eigenvalue weighted by Gasteiger charge is 2.35. The Kier molecular flexibility index (Phi) is 5.49. The van der Waals surface area contributed by atoms with Crippen molar-refractivity contribution >= 4 is 11.6 Å². The molecule has 2 N–H and O–H groups in total. The van der Waals surface area contributed by atoms with Crippen LogP contribution in [0.1, 0.15) is 31.4 Å². The number of hydrogen-bond donors (Lipinski definition) is 1. The van der Waals surface area contributed by atoms with Crippen LogP contribution in [-0.4, -0.2) is 44.4 Å². The first-order valence-corrected chi connectivity index (χ1v) is 7.74. The van der Waals surface area contributed by atoms with Gasteiger partial charge in [-0.25, -0.2) is 0 Å². The van der Waals surface area contributed by atoms with Crippen molar-refractivity contribution in [3.63, 3.8) is 0 Å². The number of nitrogens with zero attached hydrogens (tertiary/aromatic N) is 1. The monoisotopic (exact) mass is 312 g/mol. The van der Waals surface area contributed by atoms with E-state index in [1.165, 1.54) is 0 Å². The number of hydrogen-bond acceptors (Lipinski definition) is 4. The molecule has 0 aliphatic carbocycles. The molecule has 0 spiro atoms. The average Bonchev–Trinajstić information content (AvgIpc) is 2.49. The van der Waals surface area contributed by atoms with Crippen LogP contribution in [0.5, 0.6) is 5.75 Å². The molecular formula is C16H25ClN2O2. The van der Waals surface area contributed by atoms with E-state index in [0.29, 0.717) is 11.6 Å². The summed E-state index contributed by atoms with van der Waals surface area (Å²) in [5.74, 6) is 0.794. The number of piperidine rings is 1. The molecule has 0 amide bonds. The van der Waals surface area contributed by atoms with E-state index in [1.54, 1.807) is 14.2 Å². The van der Waals surface area contributed by atoms with E-state index in [1.807, 2.05) is 18.2 Å². The first-order valence-electron chi connectivity index (χ1n) is 7.36. The number of halogens is 1. The summed E-state index contributed by atoms with van der Waals surface area (Å²) in [7, 11) is 3.44. The van der Waals surface area contributed by atoms with Gasteiger partial charge in [0.2, 0.25) is 0 Å². The summed E-state index contributed by atoms with van der Waals surface area (Å²) in [6, 6.07) is 5.77. The first kappa shape index (κ1) is 16.6. The predicted molar refractivity (Wildman–Crippen MR) is 86.0 cm³/mol. The van der Waals surface area contributed by atoms with Crippen LogP contribution in [-0.2, 0) is 4.74 Å². The second-order valence-electron chi connectivity index (χ2n) is 5.84. The molecule has 118 valence electrons. The SMILES string of the molecule is COc1cccc(Cl)c1C(CN)N1CCCC(C)(OC)C1. The molecule has 1 aliphatic heterocycles. The van der Waals surface area contributed by atoms with Gasteiger partial charge >= 0.3 is 0 Å². The van der Waals surface area contributed by atoms with Gasteiger partial charge in [-0.05, 0) is 38.4 Å². The highest BCUT2D eigenvalue weighted by molar-refractivity contribution is 6.31. The molecule has 0 saturated carbocycles. The zero-order chi connectivity index (χ0) is 15.5. The van der Waals surface area contributed by atoms with Crippen molar-refractivity contribution in [3.8, 4) is 5.75 Å². The molecule has 1 aromatic rings. The molecule has 1 fully saturated rings. The number of nitrogens with two attached hydrogens (primary N) is 1. The highest BCUT2D eigenvalue weighted by Crippen LogP contribution is 2.37. The molecule has 2 unspecified atom stereocenters. The lowest BCUT2D eigenvalue weighted by atomic mass is 9.92. The molecule has 0 aromatic heterocycles. The Bertz CT molecular complexity index is 483. The maximum Gasteiger partial charge on any atom is 0.125 e. The molecule has 1 heterocycles. The summed E-state index contributed by atoms with van der Waals surface area (Å²) in [6.45, 7) is 4.49. The van der Waals surface area contributed by atoms with Gasteiger partial charge in [0.05, 0.1) is 18.8 Å². The predicted octanol–water partition coefficient (Wildman–Crippen LogP) is 2.85. The number of methoxy groups -OCH3 is 2. The van der Waals surface area contributed by atoms with Crippen molar-refractivity contribution in [1.29, 1.82) is 0 Å². The Balaban J connectivity index is 2.32. The molecule has 21 heavy (non-hydrogen) atoms. The fourth-order valence-corrected chi connectivity index (χ4v) is 3.44. The summed E-state index contributed by atoms with van der Waals surface area (Å²) >= 11 is 6.41. The molecule has 4 nitrogen and oxygen atoms in total. The van der Waals surface area contributed by atoms with E-state index >= 15 is 0 Å². The maximum atomic E-state index is 6.41. The van der Waals surface area contributed by atoms with Crippen LogP contribution in [0.25, 0.3) is 0 Å². The van der Waals surface area contributed by atoms with Crippen molar-refractivity contribution in [1.82, 2.24) is 4.90 Å². The standard InChI is InChI=1S/C16H25ClN2O2/c1-16(21-3)8-5-9-19(11-16)13(10-18)15-12(17)6-4-7-14(15)20-2/h4,6-7,13H,5,8-11,18H2,1-3H3. The minimum absolute atomic E-state index is 0.0448. The molecule has 1 saturated heterocycles. The fraction of sp³-hybridized carbons (Fsp3) is 0.625. The molecule has 2 atom stereocenters. The van der Waals surface area contributed by atoms with E-state index in [0.717, 1.165) is 37.2 Å². The molecule has 0 radical (unpaired) electrons. The van der Waals surface area contributed by atoms with E-state index in [2.05, 4.69) is 11.8 Å². The topological polar surface area (TPSA) is 47.7 Å². The van der Waals surface area contributed by atoms with Crippen LogP contribution < -0.4 is 10.5 Å². The zero-order valence-corrected chi connectivity index (χ0v) is 13.8. The molecule has 5 heteroatoms. The van der Waals surface area contributed by atoms with Crippen molar-refractivity contribution < 1.29 is 9.47 Å². The second kappa shape index (κ2) is 6.97. The van der Waals surface area contributed by atoms with Crippen molar-refractivity contribution in [3.05, 3.63) is 28.8 Å². The third kappa shape index (κ3) is 3.51. The van der Waals surface area contributed by atoms with Gasteiger partial charge in [-0.15, -0.1) is 0 Å². The van der Waals surface area contributed by atoms with Crippen LogP contribution >= 0.6 is 11.6 Å². The molecule has 0 bridgehead atoms. The Morgan fingerprint density at radius 3 is 2.81 bits per heavy atom. The summed E-state index contributed by atoms with van der Waals surface area (Å²) in [5, 5.41) is 0.703. The van der Waals surface area contributed by atoms with Crippen LogP contribution in [0, 0.1) is 0 Å². The lowest BCUT2D eigenvalue weighted by Gasteiger charge is -2.43. The Morgan fingerprint density at radius 1 is 1.43 bits per heavy atom. The molecule has 2 rings (SSSR count).